The zero-order valence-corrected chi connectivity index (χ0v) is 11.3. The Kier molecular flexibility index (Phi) is 6.43. The highest BCUT2D eigenvalue weighted by Gasteiger charge is 2.13. The third-order valence-corrected chi connectivity index (χ3v) is 2.86. The molecule has 0 aliphatic heterocycles. The summed E-state index contributed by atoms with van der Waals surface area (Å²) in [5, 5.41) is 2.92. The number of nitrogens with one attached hydrogen (secondary N) is 1. The van der Waals surface area contributed by atoms with Gasteiger partial charge < -0.3 is 15.6 Å². The lowest BCUT2D eigenvalue weighted by atomic mass is 9.94. The number of carbonyl (C=O) groups excluding carboxylic acids is 1. The predicted molar refractivity (Wildman–Crippen MR) is 71.9 cm³/mol. The highest BCUT2D eigenvalue weighted by atomic mass is 16.1. The molecule has 1 atom stereocenters. The summed E-state index contributed by atoms with van der Waals surface area (Å²) >= 11 is 0. The van der Waals surface area contributed by atoms with Crippen molar-refractivity contribution in [2.24, 2.45) is 17.6 Å². The monoisotopic (exact) mass is 252 g/mol. The molecule has 1 aromatic rings. The summed E-state index contributed by atoms with van der Waals surface area (Å²) in [6.45, 7) is 6.27. The largest absolute Gasteiger partial charge is 0.354 e. The fourth-order valence-corrected chi connectivity index (χ4v) is 2.01. The zero-order chi connectivity index (χ0) is 13.4. The van der Waals surface area contributed by atoms with Crippen LogP contribution in [0.5, 0.6) is 0 Å². The van der Waals surface area contributed by atoms with Crippen LogP contribution < -0.4 is 11.1 Å². The van der Waals surface area contributed by atoms with Crippen LogP contribution in [-0.4, -0.2) is 28.5 Å². The van der Waals surface area contributed by atoms with Crippen LogP contribution in [-0.2, 0) is 11.3 Å². The van der Waals surface area contributed by atoms with E-state index in [9.17, 15) is 4.79 Å². The molecule has 5 heteroatoms. The van der Waals surface area contributed by atoms with E-state index >= 15 is 0 Å². The molecule has 1 rings (SSSR count). The molecule has 0 saturated carbocycles. The fourth-order valence-electron chi connectivity index (χ4n) is 2.01. The third-order valence-electron chi connectivity index (χ3n) is 2.86. The molecular formula is C13H24N4O. The summed E-state index contributed by atoms with van der Waals surface area (Å²) in [5.41, 5.74) is 5.68. The van der Waals surface area contributed by atoms with Gasteiger partial charge in [-0.2, -0.15) is 0 Å². The van der Waals surface area contributed by atoms with Crippen LogP contribution in [0.15, 0.2) is 18.7 Å². The Morgan fingerprint density at radius 1 is 1.50 bits per heavy atom. The second-order valence-corrected chi connectivity index (χ2v) is 5.09. The predicted octanol–water partition coefficient (Wildman–Crippen LogP) is 1.01. The van der Waals surface area contributed by atoms with Gasteiger partial charge in [-0.1, -0.05) is 13.8 Å². The lowest BCUT2D eigenvalue weighted by Crippen LogP contribution is -2.31. The van der Waals surface area contributed by atoms with Crippen molar-refractivity contribution in [1.82, 2.24) is 14.9 Å². The number of amides is 1. The fraction of sp³-hybridized carbons (Fsp3) is 0.692. The van der Waals surface area contributed by atoms with Gasteiger partial charge in [-0.25, -0.2) is 4.98 Å². The highest BCUT2D eigenvalue weighted by molar-refractivity contribution is 5.76. The minimum absolute atomic E-state index is 0.0891. The molecule has 0 unspecified atom stereocenters. The molecule has 0 aliphatic carbocycles. The molecule has 0 spiro atoms. The summed E-state index contributed by atoms with van der Waals surface area (Å²) in [5.74, 6) is 0.960. The number of hydrogen-bond donors (Lipinski definition) is 2. The molecule has 0 fully saturated rings. The molecule has 5 nitrogen and oxygen atoms in total. The molecule has 1 aromatic heterocycles. The lowest BCUT2D eigenvalue weighted by molar-refractivity contribution is -0.122. The summed E-state index contributed by atoms with van der Waals surface area (Å²) in [4.78, 5) is 15.7. The van der Waals surface area contributed by atoms with Crippen LogP contribution >= 0.6 is 0 Å². The summed E-state index contributed by atoms with van der Waals surface area (Å²) in [6.07, 6.45) is 6.89. The van der Waals surface area contributed by atoms with E-state index in [1.54, 1.807) is 12.5 Å². The number of carbonyl (C=O) groups is 1. The SMILES string of the molecule is CC(C)C[C@H](CN)CC(=O)NCCn1ccnc1. The van der Waals surface area contributed by atoms with Crippen molar-refractivity contribution < 1.29 is 4.79 Å². The molecule has 0 aromatic carbocycles. The van der Waals surface area contributed by atoms with E-state index in [1.807, 2.05) is 10.8 Å². The number of aromatic nitrogens is 2. The van der Waals surface area contributed by atoms with Crippen molar-refractivity contribution in [2.45, 2.75) is 33.2 Å². The van der Waals surface area contributed by atoms with E-state index < -0.39 is 0 Å². The van der Waals surface area contributed by atoms with Crippen molar-refractivity contribution in [3.63, 3.8) is 0 Å². The van der Waals surface area contributed by atoms with Crippen molar-refractivity contribution in [1.29, 1.82) is 0 Å². The van der Waals surface area contributed by atoms with E-state index in [0.717, 1.165) is 13.0 Å². The van der Waals surface area contributed by atoms with Gasteiger partial charge in [0.05, 0.1) is 6.33 Å². The van der Waals surface area contributed by atoms with Gasteiger partial charge in [-0.3, -0.25) is 4.79 Å². The smallest absolute Gasteiger partial charge is 0.220 e. The molecule has 3 N–H and O–H groups in total. The molecule has 18 heavy (non-hydrogen) atoms. The van der Waals surface area contributed by atoms with E-state index in [4.69, 9.17) is 5.73 Å². The van der Waals surface area contributed by atoms with Gasteiger partial charge in [-0.05, 0) is 24.8 Å². The normalized spacial score (nSPS) is 12.7. The average molecular weight is 252 g/mol. The van der Waals surface area contributed by atoms with Crippen molar-refractivity contribution >= 4 is 5.91 Å². The number of nitrogens with two attached hydrogens (primary N) is 1. The zero-order valence-electron chi connectivity index (χ0n) is 11.3. The van der Waals surface area contributed by atoms with Crippen molar-refractivity contribution in [3.8, 4) is 0 Å². The van der Waals surface area contributed by atoms with Crippen molar-refractivity contribution in [2.75, 3.05) is 13.1 Å². The molecule has 1 amide bonds. The molecule has 0 radical (unpaired) electrons. The van der Waals surface area contributed by atoms with Crippen LogP contribution in [0.2, 0.25) is 0 Å². The molecule has 0 aliphatic rings. The number of nitrogens with zero attached hydrogens (tertiary/aromatic N) is 2. The van der Waals surface area contributed by atoms with E-state index in [-0.39, 0.29) is 5.91 Å². The Hall–Kier alpha value is -1.36. The van der Waals surface area contributed by atoms with Crippen LogP contribution in [0.3, 0.4) is 0 Å². The second-order valence-electron chi connectivity index (χ2n) is 5.09. The number of imidazole rings is 1. The first-order valence-electron chi connectivity index (χ1n) is 6.54. The maximum Gasteiger partial charge on any atom is 0.220 e. The second kappa shape index (κ2) is 7.87. The third kappa shape index (κ3) is 5.82. The lowest BCUT2D eigenvalue weighted by Gasteiger charge is -2.16. The van der Waals surface area contributed by atoms with Gasteiger partial charge in [-0.15, -0.1) is 0 Å². The highest BCUT2D eigenvalue weighted by Crippen LogP contribution is 2.13. The summed E-state index contributed by atoms with van der Waals surface area (Å²) in [7, 11) is 0. The summed E-state index contributed by atoms with van der Waals surface area (Å²) in [6, 6.07) is 0. The van der Waals surface area contributed by atoms with E-state index in [2.05, 4.69) is 24.1 Å². The first kappa shape index (κ1) is 14.7. The number of hydrogen-bond acceptors (Lipinski definition) is 3. The maximum atomic E-state index is 11.7. The Labute approximate surface area is 109 Å². The maximum absolute atomic E-state index is 11.7. The number of rotatable bonds is 8. The van der Waals surface area contributed by atoms with Gasteiger partial charge >= 0.3 is 0 Å². The summed E-state index contributed by atoms with van der Waals surface area (Å²) < 4.78 is 1.94. The average Bonchev–Trinajstić information content (AvgIpc) is 2.80. The Morgan fingerprint density at radius 3 is 2.83 bits per heavy atom. The van der Waals surface area contributed by atoms with Crippen LogP contribution in [0.25, 0.3) is 0 Å². The van der Waals surface area contributed by atoms with E-state index in [1.165, 1.54) is 0 Å². The quantitative estimate of drug-likeness (QED) is 0.725. The molecule has 1 heterocycles. The van der Waals surface area contributed by atoms with E-state index in [0.29, 0.717) is 31.3 Å². The van der Waals surface area contributed by atoms with Crippen LogP contribution in [0.4, 0.5) is 0 Å². The molecule has 102 valence electrons. The first-order chi connectivity index (χ1) is 8.61. The first-order valence-corrected chi connectivity index (χ1v) is 6.54. The minimum atomic E-state index is 0.0891. The Morgan fingerprint density at radius 2 is 2.28 bits per heavy atom. The minimum Gasteiger partial charge on any atom is -0.354 e. The molecule has 0 bridgehead atoms. The van der Waals surface area contributed by atoms with Crippen LogP contribution in [0.1, 0.15) is 26.7 Å². The van der Waals surface area contributed by atoms with Gasteiger partial charge in [0.15, 0.2) is 0 Å². The van der Waals surface area contributed by atoms with Crippen molar-refractivity contribution in [3.05, 3.63) is 18.7 Å². The van der Waals surface area contributed by atoms with Gasteiger partial charge in [0.1, 0.15) is 0 Å². The molecular weight excluding hydrogens is 228 g/mol. The van der Waals surface area contributed by atoms with Gasteiger partial charge in [0.2, 0.25) is 5.91 Å². The Balaban J connectivity index is 2.19. The molecule has 0 saturated heterocycles. The topological polar surface area (TPSA) is 72.9 Å². The Bertz CT molecular complexity index is 335. The van der Waals surface area contributed by atoms with Gasteiger partial charge in [0, 0.05) is 31.9 Å². The van der Waals surface area contributed by atoms with Gasteiger partial charge in [0.25, 0.3) is 0 Å². The standard InChI is InChI=1S/C13H24N4O/c1-11(2)7-12(9-14)8-13(18)16-4-6-17-5-3-15-10-17/h3,5,10-12H,4,6-9,14H2,1-2H3,(H,16,18)/t12-/m0/s1. The van der Waals surface area contributed by atoms with Crippen LogP contribution in [0, 0.1) is 11.8 Å².